The summed E-state index contributed by atoms with van der Waals surface area (Å²) in [6, 6.07) is 13.7. The molecule has 0 saturated heterocycles. The number of hydrogen-bond acceptors (Lipinski definition) is 8. The summed E-state index contributed by atoms with van der Waals surface area (Å²) < 4.78 is 16.1. The molecular formula is C29H31N3O6S. The van der Waals surface area contributed by atoms with E-state index in [1.54, 1.807) is 57.4 Å². The topological polar surface area (TPSA) is 115 Å². The van der Waals surface area contributed by atoms with Gasteiger partial charge in [-0.05, 0) is 99.2 Å². The van der Waals surface area contributed by atoms with Crippen molar-refractivity contribution < 1.29 is 28.6 Å². The number of nitrogens with one attached hydrogen (secondary N) is 2. The molecule has 39 heavy (non-hydrogen) atoms. The van der Waals surface area contributed by atoms with Crippen molar-refractivity contribution in [3.63, 3.8) is 0 Å². The van der Waals surface area contributed by atoms with Crippen molar-refractivity contribution in [1.82, 2.24) is 5.43 Å². The zero-order valence-electron chi connectivity index (χ0n) is 22.1. The molecule has 2 N–H and O–H groups in total. The van der Waals surface area contributed by atoms with E-state index < -0.39 is 18.0 Å². The number of thiophene rings is 1. The van der Waals surface area contributed by atoms with Crippen molar-refractivity contribution in [2.45, 2.75) is 45.6 Å². The molecule has 204 valence electrons. The molecule has 9 nitrogen and oxygen atoms in total. The average Bonchev–Trinajstić information content (AvgIpc) is 3.31. The van der Waals surface area contributed by atoms with Crippen LogP contribution >= 0.6 is 11.3 Å². The number of ether oxygens (including phenoxy) is 3. The van der Waals surface area contributed by atoms with E-state index in [4.69, 9.17) is 14.2 Å². The Morgan fingerprint density at radius 1 is 1.03 bits per heavy atom. The zero-order valence-corrected chi connectivity index (χ0v) is 22.9. The molecule has 10 heteroatoms. The van der Waals surface area contributed by atoms with E-state index in [1.807, 2.05) is 12.1 Å². The molecule has 3 aromatic rings. The highest BCUT2D eigenvalue weighted by molar-refractivity contribution is 7.17. The molecule has 0 fully saturated rings. The van der Waals surface area contributed by atoms with Crippen molar-refractivity contribution in [3.05, 3.63) is 75.7 Å². The lowest BCUT2D eigenvalue weighted by molar-refractivity contribution is -0.127. The van der Waals surface area contributed by atoms with Gasteiger partial charge >= 0.3 is 5.97 Å². The Bertz CT molecular complexity index is 1350. The fourth-order valence-corrected chi connectivity index (χ4v) is 5.41. The number of esters is 1. The highest BCUT2D eigenvalue weighted by Crippen LogP contribution is 2.38. The minimum atomic E-state index is -0.817. The van der Waals surface area contributed by atoms with Gasteiger partial charge in [0.15, 0.2) is 6.10 Å². The van der Waals surface area contributed by atoms with Crippen LogP contribution in [0.1, 0.15) is 63.4 Å². The maximum absolute atomic E-state index is 13.0. The average molecular weight is 550 g/mol. The first-order chi connectivity index (χ1) is 18.9. The minimum absolute atomic E-state index is 0.268. The molecule has 0 saturated carbocycles. The summed E-state index contributed by atoms with van der Waals surface area (Å²) in [5, 5.41) is 7.38. The Balaban J connectivity index is 1.35. The summed E-state index contributed by atoms with van der Waals surface area (Å²) in [6.07, 6.45) is 4.48. The number of hydrazone groups is 1. The van der Waals surface area contributed by atoms with Gasteiger partial charge in [0, 0.05) is 10.4 Å². The smallest absolute Gasteiger partial charge is 0.341 e. The number of fused-ring (bicyclic) bond motifs is 1. The molecule has 0 radical (unpaired) electrons. The molecule has 2 amide bonds. The fourth-order valence-electron chi connectivity index (χ4n) is 4.14. The maximum Gasteiger partial charge on any atom is 0.341 e. The first-order valence-corrected chi connectivity index (χ1v) is 13.6. The van der Waals surface area contributed by atoms with Gasteiger partial charge in [-0.25, -0.2) is 10.2 Å². The van der Waals surface area contributed by atoms with Gasteiger partial charge in [0.2, 0.25) is 0 Å². The largest absolute Gasteiger partial charge is 0.497 e. The first-order valence-electron chi connectivity index (χ1n) is 12.8. The van der Waals surface area contributed by atoms with Crippen molar-refractivity contribution in [2.24, 2.45) is 5.10 Å². The summed E-state index contributed by atoms with van der Waals surface area (Å²) in [5.41, 5.74) is 5.11. The highest BCUT2D eigenvalue weighted by atomic mass is 32.1. The third-order valence-corrected chi connectivity index (χ3v) is 7.39. The van der Waals surface area contributed by atoms with E-state index in [0.29, 0.717) is 21.9 Å². The molecule has 0 spiro atoms. The Hall–Kier alpha value is -4.18. The monoisotopic (exact) mass is 549 g/mol. The number of methoxy groups -OCH3 is 1. The third-order valence-electron chi connectivity index (χ3n) is 6.18. The lowest BCUT2D eigenvalue weighted by atomic mass is 9.95. The van der Waals surface area contributed by atoms with E-state index in [9.17, 15) is 14.4 Å². The molecule has 0 bridgehead atoms. The molecule has 1 heterocycles. The van der Waals surface area contributed by atoms with Crippen molar-refractivity contribution in [1.29, 1.82) is 0 Å². The second kappa shape index (κ2) is 13.1. The van der Waals surface area contributed by atoms with Crippen LogP contribution in [0.2, 0.25) is 0 Å². The number of rotatable bonds is 10. The van der Waals surface area contributed by atoms with Crippen molar-refractivity contribution >= 4 is 40.3 Å². The lowest BCUT2D eigenvalue weighted by Gasteiger charge is -2.13. The van der Waals surface area contributed by atoms with Crippen LogP contribution in [-0.4, -0.2) is 43.8 Å². The van der Waals surface area contributed by atoms with E-state index in [-0.39, 0.29) is 12.5 Å². The second-order valence-electron chi connectivity index (χ2n) is 8.88. The van der Waals surface area contributed by atoms with Gasteiger partial charge in [-0.15, -0.1) is 11.3 Å². The molecule has 2 aromatic carbocycles. The quantitative estimate of drug-likeness (QED) is 0.209. The Kier molecular flexibility index (Phi) is 9.32. The van der Waals surface area contributed by atoms with Crippen LogP contribution < -0.4 is 20.2 Å². The summed E-state index contributed by atoms with van der Waals surface area (Å²) >= 11 is 1.44. The molecule has 1 aliphatic carbocycles. The first kappa shape index (κ1) is 27.8. The van der Waals surface area contributed by atoms with Gasteiger partial charge in [-0.2, -0.15) is 5.10 Å². The number of nitrogens with zero attached hydrogens (tertiary/aromatic N) is 1. The summed E-state index contributed by atoms with van der Waals surface area (Å²) in [7, 11) is 1.59. The minimum Gasteiger partial charge on any atom is -0.497 e. The van der Waals surface area contributed by atoms with E-state index in [0.717, 1.165) is 47.4 Å². The second-order valence-corrected chi connectivity index (χ2v) is 9.99. The van der Waals surface area contributed by atoms with Gasteiger partial charge in [0.1, 0.15) is 16.5 Å². The summed E-state index contributed by atoms with van der Waals surface area (Å²) in [4.78, 5) is 39.1. The predicted octanol–water partition coefficient (Wildman–Crippen LogP) is 4.98. The van der Waals surface area contributed by atoms with Crippen LogP contribution in [0.5, 0.6) is 11.5 Å². The van der Waals surface area contributed by atoms with Crippen LogP contribution in [0, 0.1) is 0 Å². The molecule has 4 rings (SSSR count). The predicted molar refractivity (Wildman–Crippen MR) is 150 cm³/mol. The maximum atomic E-state index is 13.0. The molecule has 1 aliphatic rings. The number of amides is 2. The van der Waals surface area contributed by atoms with E-state index in [2.05, 4.69) is 15.8 Å². The van der Waals surface area contributed by atoms with Crippen LogP contribution in [0.3, 0.4) is 0 Å². The number of carbonyl (C=O) groups is 3. The van der Waals surface area contributed by atoms with Gasteiger partial charge in [-0.3, -0.25) is 9.59 Å². The summed E-state index contributed by atoms with van der Waals surface area (Å²) in [6.45, 7) is 3.64. The van der Waals surface area contributed by atoms with Gasteiger partial charge < -0.3 is 19.5 Å². The molecular weight excluding hydrogens is 518 g/mol. The van der Waals surface area contributed by atoms with Crippen molar-refractivity contribution in [2.75, 3.05) is 19.0 Å². The number of aryl methyl sites for hydroxylation is 1. The normalized spacial score (nSPS) is 13.3. The molecule has 1 aromatic heterocycles. The van der Waals surface area contributed by atoms with Crippen LogP contribution in [0.4, 0.5) is 5.00 Å². The lowest BCUT2D eigenvalue weighted by Crippen LogP contribution is -2.33. The van der Waals surface area contributed by atoms with E-state index in [1.165, 1.54) is 17.6 Å². The number of anilines is 1. The zero-order chi connectivity index (χ0) is 27.8. The fraction of sp³-hybridized carbons (Fsp3) is 0.310. The van der Waals surface area contributed by atoms with Crippen molar-refractivity contribution in [3.8, 4) is 11.5 Å². The van der Waals surface area contributed by atoms with Gasteiger partial charge in [0.05, 0.1) is 25.5 Å². The number of carbonyl (C=O) groups excluding carboxylic acids is 3. The standard InChI is InChI=1S/C29H31N3O6S/c1-4-37-29(35)25-23-7-5-6-8-24(23)39-28(25)31-27(34)20-11-15-22(16-12-20)38-18(2)26(33)32-30-17-19-9-13-21(36-3)14-10-19/h9-18H,4-8H2,1-3H3,(H,31,34)(H,32,33)/b30-17-/t18-/m0/s1. The van der Waals surface area contributed by atoms with E-state index >= 15 is 0 Å². The Labute approximate surface area is 231 Å². The molecule has 0 aliphatic heterocycles. The third kappa shape index (κ3) is 7.02. The van der Waals surface area contributed by atoms with Gasteiger partial charge in [-0.1, -0.05) is 0 Å². The Morgan fingerprint density at radius 2 is 1.72 bits per heavy atom. The summed E-state index contributed by atoms with van der Waals surface area (Å²) in [5.74, 6) is -0.0175. The number of benzene rings is 2. The SMILES string of the molecule is CCOC(=O)c1c(NC(=O)c2ccc(O[C@@H](C)C(=O)N/N=C\c3ccc(OC)cc3)cc2)sc2c1CCCC2. The molecule has 0 unspecified atom stereocenters. The number of hydrogen-bond donors (Lipinski definition) is 2. The molecule has 1 atom stereocenters. The van der Waals surface area contributed by atoms with Crippen LogP contribution in [-0.2, 0) is 22.4 Å². The van der Waals surface area contributed by atoms with Crippen LogP contribution in [0.25, 0.3) is 0 Å². The van der Waals surface area contributed by atoms with Crippen LogP contribution in [0.15, 0.2) is 53.6 Å². The highest BCUT2D eigenvalue weighted by Gasteiger charge is 2.27. The van der Waals surface area contributed by atoms with Gasteiger partial charge in [0.25, 0.3) is 11.8 Å². The Morgan fingerprint density at radius 3 is 2.41 bits per heavy atom.